The number of nitrogens with zero attached hydrogens (tertiary/aromatic N) is 4. The number of aromatic nitrogens is 3. The summed E-state index contributed by atoms with van der Waals surface area (Å²) >= 11 is 0. The van der Waals surface area contributed by atoms with Crippen molar-refractivity contribution in [1.29, 1.82) is 0 Å². The molecule has 0 spiro atoms. The molecule has 2 radical (unpaired) electrons. The van der Waals surface area contributed by atoms with Crippen molar-refractivity contribution in [1.82, 2.24) is 25.1 Å². The second kappa shape index (κ2) is 7.15. The Hall–Kier alpha value is -3.83. The molecular formula is C19H19BN8O3. The topological polar surface area (TPSA) is 147 Å². The van der Waals surface area contributed by atoms with Gasteiger partial charge in [-0.2, -0.15) is 5.10 Å². The third-order valence-electron chi connectivity index (χ3n) is 5.75. The molecule has 3 atom stereocenters. The average Bonchev–Trinajstić information content (AvgIpc) is 3.24. The molecule has 3 aliphatic rings. The van der Waals surface area contributed by atoms with Gasteiger partial charge in [0.1, 0.15) is 26.3 Å². The summed E-state index contributed by atoms with van der Waals surface area (Å²) in [6, 6.07) is 4.39. The van der Waals surface area contributed by atoms with Crippen molar-refractivity contribution in [2.75, 3.05) is 10.7 Å². The molecule has 2 aliphatic heterocycles. The van der Waals surface area contributed by atoms with Crippen LogP contribution in [0, 0.1) is 5.92 Å². The van der Waals surface area contributed by atoms with Crippen LogP contribution < -0.4 is 27.5 Å². The number of likely N-dealkylation sites (tertiary alicyclic amines) is 1. The molecule has 156 valence electrons. The lowest BCUT2D eigenvalue weighted by Crippen LogP contribution is -2.47. The van der Waals surface area contributed by atoms with Crippen LogP contribution in [0.15, 0.2) is 24.4 Å². The number of primary amides is 1. The molecule has 4 heterocycles. The Balaban J connectivity index is 1.36. The Labute approximate surface area is 178 Å². The molecule has 1 aliphatic carbocycles. The van der Waals surface area contributed by atoms with Crippen molar-refractivity contribution in [3.63, 3.8) is 0 Å². The van der Waals surface area contributed by atoms with Gasteiger partial charge in [0.15, 0.2) is 11.5 Å². The fraction of sp³-hybridized carbons (Fsp3) is 0.316. The van der Waals surface area contributed by atoms with Crippen LogP contribution in [0.1, 0.15) is 28.9 Å². The fourth-order valence-electron chi connectivity index (χ4n) is 4.29. The molecule has 1 saturated heterocycles. The lowest BCUT2D eigenvalue weighted by atomic mass is 10.0. The molecule has 1 saturated carbocycles. The van der Waals surface area contributed by atoms with Crippen molar-refractivity contribution in [3.05, 3.63) is 35.7 Å². The Bertz CT molecular complexity index is 1130. The number of rotatable bonds is 5. The number of hydrazine groups is 1. The molecule has 31 heavy (non-hydrogen) atoms. The van der Waals surface area contributed by atoms with Crippen molar-refractivity contribution >= 4 is 48.9 Å². The normalized spacial score (nSPS) is 22.7. The first kappa shape index (κ1) is 19.2. The highest BCUT2D eigenvalue weighted by Crippen LogP contribution is 2.48. The zero-order chi connectivity index (χ0) is 21.7. The fourth-order valence-corrected chi connectivity index (χ4v) is 4.29. The van der Waals surface area contributed by atoms with Gasteiger partial charge in [-0.15, -0.1) is 0 Å². The first-order valence-electron chi connectivity index (χ1n) is 9.85. The van der Waals surface area contributed by atoms with Crippen molar-refractivity contribution in [2.45, 2.75) is 31.5 Å². The number of hydrogen-bond acceptors (Lipinski definition) is 7. The zero-order valence-corrected chi connectivity index (χ0v) is 16.4. The highest BCUT2D eigenvalue weighted by atomic mass is 16.2. The predicted molar refractivity (Wildman–Crippen MR) is 112 cm³/mol. The van der Waals surface area contributed by atoms with Gasteiger partial charge in [0.25, 0.3) is 5.91 Å². The molecule has 0 unspecified atom stereocenters. The number of nitrogens with one attached hydrogen (secondary N) is 3. The van der Waals surface area contributed by atoms with E-state index in [1.165, 1.54) is 4.68 Å². The number of piperidine rings is 1. The molecular weight excluding hydrogens is 399 g/mol. The maximum absolute atomic E-state index is 13.2. The number of anilines is 2. The summed E-state index contributed by atoms with van der Waals surface area (Å²) < 4.78 is 1.39. The first-order valence-corrected chi connectivity index (χ1v) is 9.85. The predicted octanol–water partition coefficient (Wildman–Crippen LogP) is -1.30. The molecule has 12 heteroatoms. The summed E-state index contributed by atoms with van der Waals surface area (Å²) in [4.78, 5) is 43.5. The lowest BCUT2D eigenvalue weighted by Gasteiger charge is -2.27. The third kappa shape index (κ3) is 3.39. The van der Waals surface area contributed by atoms with Gasteiger partial charge in [-0.25, -0.2) is 9.67 Å². The monoisotopic (exact) mass is 418 g/mol. The number of carbonyl (C=O) groups excluding carboxylic acids is 3. The van der Waals surface area contributed by atoms with Crippen LogP contribution in [0.25, 0.3) is 6.08 Å². The molecule has 2 aromatic rings. The van der Waals surface area contributed by atoms with E-state index >= 15 is 0 Å². The van der Waals surface area contributed by atoms with Gasteiger partial charge in [-0.1, -0.05) is 12.1 Å². The Morgan fingerprint density at radius 1 is 1.29 bits per heavy atom. The van der Waals surface area contributed by atoms with Gasteiger partial charge < -0.3 is 21.4 Å². The number of fused-ring (bicyclic) bond motifs is 2. The zero-order valence-electron chi connectivity index (χ0n) is 16.4. The standard InChI is InChI=1S/C19H19BN8O3/c20-13-2-1-3-14(23-13)24-19(31)12-7-9-6-11(9)28(12)15(29)8-27-18-10(4-5-22-25-18)16(26-27)17(21)30/h1-5,9,11-12,22,25H,6-8H2,(H2,21,30)(H,23,24,31)/t9-,11-,12+/m1/s1. The van der Waals surface area contributed by atoms with Crippen LogP contribution in [0.3, 0.4) is 0 Å². The number of nitrogens with two attached hydrogens (primary N) is 1. The average molecular weight is 418 g/mol. The minimum Gasteiger partial charge on any atom is -0.364 e. The second-order valence-electron chi connectivity index (χ2n) is 7.79. The molecule has 11 nitrogen and oxygen atoms in total. The molecule has 3 amide bonds. The van der Waals surface area contributed by atoms with E-state index in [1.54, 1.807) is 35.4 Å². The summed E-state index contributed by atoms with van der Waals surface area (Å²) in [6.45, 7) is -0.137. The number of carbonyl (C=O) groups is 3. The summed E-state index contributed by atoms with van der Waals surface area (Å²) in [7, 11) is 5.67. The summed E-state index contributed by atoms with van der Waals surface area (Å²) in [5.41, 5.74) is 12.0. The molecule has 5 N–H and O–H groups in total. The van der Waals surface area contributed by atoms with Gasteiger partial charge in [0.05, 0.1) is 5.56 Å². The van der Waals surface area contributed by atoms with Crippen LogP contribution in [-0.2, 0) is 16.1 Å². The maximum Gasteiger partial charge on any atom is 0.269 e. The van der Waals surface area contributed by atoms with Crippen molar-refractivity contribution < 1.29 is 14.4 Å². The Morgan fingerprint density at radius 2 is 2.13 bits per heavy atom. The van der Waals surface area contributed by atoms with E-state index in [0.717, 1.165) is 6.42 Å². The smallest absolute Gasteiger partial charge is 0.269 e. The molecule has 0 bridgehead atoms. The van der Waals surface area contributed by atoms with E-state index in [-0.39, 0.29) is 30.1 Å². The largest absolute Gasteiger partial charge is 0.364 e. The van der Waals surface area contributed by atoms with Crippen LogP contribution in [-0.4, -0.2) is 57.3 Å². The highest BCUT2D eigenvalue weighted by Gasteiger charge is 2.56. The van der Waals surface area contributed by atoms with Crippen molar-refractivity contribution in [3.8, 4) is 0 Å². The second-order valence-corrected chi connectivity index (χ2v) is 7.79. The third-order valence-corrected chi connectivity index (χ3v) is 5.75. The van der Waals surface area contributed by atoms with E-state index < -0.39 is 11.9 Å². The van der Waals surface area contributed by atoms with Crippen molar-refractivity contribution in [2.24, 2.45) is 11.7 Å². The maximum atomic E-state index is 13.2. The minimum atomic E-state index is -0.689. The summed E-state index contributed by atoms with van der Waals surface area (Å²) in [6.07, 6.45) is 4.72. The van der Waals surface area contributed by atoms with E-state index in [0.29, 0.717) is 35.1 Å². The summed E-state index contributed by atoms with van der Waals surface area (Å²) in [5, 5.41) is 6.95. The Morgan fingerprint density at radius 3 is 2.90 bits per heavy atom. The molecule has 2 aromatic heterocycles. The van der Waals surface area contributed by atoms with E-state index in [9.17, 15) is 14.4 Å². The van der Waals surface area contributed by atoms with Gasteiger partial charge in [-0.3, -0.25) is 19.8 Å². The van der Waals surface area contributed by atoms with Crippen LogP contribution in [0.4, 0.5) is 11.6 Å². The van der Waals surface area contributed by atoms with E-state index in [1.807, 2.05) is 0 Å². The lowest BCUT2D eigenvalue weighted by molar-refractivity contribution is -0.138. The van der Waals surface area contributed by atoms with Gasteiger partial charge in [-0.05, 0) is 36.5 Å². The number of hydrogen-bond donors (Lipinski definition) is 4. The summed E-state index contributed by atoms with van der Waals surface area (Å²) in [5.74, 6) is -0.145. The van der Waals surface area contributed by atoms with E-state index in [4.69, 9.17) is 13.6 Å². The van der Waals surface area contributed by atoms with Gasteiger partial charge in [0, 0.05) is 12.2 Å². The molecule has 5 rings (SSSR count). The van der Waals surface area contributed by atoms with E-state index in [2.05, 4.69) is 26.3 Å². The quantitative estimate of drug-likeness (QED) is 0.442. The number of amides is 3. The van der Waals surface area contributed by atoms with Crippen LogP contribution in [0.5, 0.6) is 0 Å². The van der Waals surface area contributed by atoms with Gasteiger partial charge >= 0.3 is 0 Å². The Kier molecular flexibility index (Phi) is 4.42. The minimum absolute atomic E-state index is 0.0324. The van der Waals surface area contributed by atoms with Crippen LogP contribution >= 0.6 is 0 Å². The van der Waals surface area contributed by atoms with Crippen LogP contribution in [0.2, 0.25) is 0 Å². The number of pyridine rings is 1. The molecule has 0 aromatic carbocycles. The highest BCUT2D eigenvalue weighted by molar-refractivity contribution is 6.30. The van der Waals surface area contributed by atoms with Gasteiger partial charge in [0.2, 0.25) is 11.8 Å². The molecule has 2 fully saturated rings. The SMILES string of the molecule is [B]c1cccc(NC(=O)[C@@H]2C[C@H]3C[C@H]3N2C(=O)Cn2nc(C(N)=O)c3c2NNC=C3)n1. The first-order chi connectivity index (χ1) is 14.9.